The molecule has 0 fully saturated rings. The normalized spacial score (nSPS) is 10.8. The number of hydrogen-bond donors (Lipinski definition) is 3. The van der Waals surface area contributed by atoms with Crippen LogP contribution in [0.25, 0.3) is 22.4 Å². The molecule has 0 amide bonds. The van der Waals surface area contributed by atoms with Crippen LogP contribution in [-0.4, -0.2) is 19.9 Å². The molecule has 0 bridgehead atoms. The van der Waals surface area contributed by atoms with Crippen LogP contribution in [-0.2, 0) is 0 Å². The lowest BCUT2D eigenvalue weighted by Gasteiger charge is -2.03. The second-order valence-corrected chi connectivity index (χ2v) is 5.13. The summed E-state index contributed by atoms with van der Waals surface area (Å²) in [7, 11) is 0. The molecule has 3 aromatic heterocycles. The molecule has 0 saturated carbocycles. The van der Waals surface area contributed by atoms with Crippen LogP contribution in [0.5, 0.6) is 0 Å². The highest BCUT2D eigenvalue weighted by atomic mass is 15.1. The number of fused-ring (bicyclic) bond motifs is 1. The number of nitrogen functional groups attached to an aromatic ring is 1. The molecular weight excluding hydrogens is 288 g/mol. The van der Waals surface area contributed by atoms with Crippen molar-refractivity contribution in [2.75, 3.05) is 11.1 Å². The van der Waals surface area contributed by atoms with E-state index in [1.54, 1.807) is 12.4 Å². The Hall–Kier alpha value is -3.41. The molecule has 6 nitrogen and oxygen atoms in total. The summed E-state index contributed by atoms with van der Waals surface area (Å²) in [5.41, 5.74) is 9.15. The van der Waals surface area contributed by atoms with Crippen LogP contribution in [0.4, 0.5) is 17.3 Å². The molecule has 4 aromatic rings. The lowest BCUT2D eigenvalue weighted by molar-refractivity contribution is 1.26. The number of pyridine rings is 2. The van der Waals surface area contributed by atoms with Crippen LogP contribution in [0.15, 0.2) is 60.9 Å². The van der Waals surface area contributed by atoms with Gasteiger partial charge in [0.2, 0.25) is 0 Å². The molecular formula is C17H14N6. The minimum atomic E-state index is 0.701. The van der Waals surface area contributed by atoms with Crippen molar-refractivity contribution in [1.29, 1.82) is 0 Å². The smallest absolute Gasteiger partial charge is 0.138 e. The maximum atomic E-state index is 5.72. The number of aromatic amines is 1. The SMILES string of the molecule is Nc1ccc(-c2nc3cc(Nc4ccccn4)ncc3[nH]2)cc1. The van der Waals surface area contributed by atoms with Gasteiger partial charge in [0, 0.05) is 23.5 Å². The maximum Gasteiger partial charge on any atom is 0.138 e. The molecule has 0 unspecified atom stereocenters. The number of anilines is 3. The molecule has 4 rings (SSSR count). The molecule has 1 aromatic carbocycles. The molecule has 0 radical (unpaired) electrons. The van der Waals surface area contributed by atoms with E-state index in [1.807, 2.05) is 48.5 Å². The fourth-order valence-corrected chi connectivity index (χ4v) is 2.32. The highest BCUT2D eigenvalue weighted by molar-refractivity contribution is 5.81. The highest BCUT2D eigenvalue weighted by Crippen LogP contribution is 2.23. The molecule has 23 heavy (non-hydrogen) atoms. The summed E-state index contributed by atoms with van der Waals surface area (Å²) in [5, 5.41) is 3.16. The first-order valence-electron chi connectivity index (χ1n) is 7.18. The number of rotatable bonds is 3. The number of nitrogens with one attached hydrogen (secondary N) is 2. The number of aromatic nitrogens is 4. The second-order valence-electron chi connectivity index (χ2n) is 5.13. The molecule has 0 aliphatic rings. The number of benzene rings is 1. The van der Waals surface area contributed by atoms with Crippen molar-refractivity contribution in [2.45, 2.75) is 0 Å². The molecule has 0 atom stereocenters. The predicted molar refractivity (Wildman–Crippen MR) is 91.3 cm³/mol. The van der Waals surface area contributed by atoms with Crippen LogP contribution in [0.2, 0.25) is 0 Å². The average molecular weight is 302 g/mol. The zero-order valence-electron chi connectivity index (χ0n) is 12.2. The van der Waals surface area contributed by atoms with Crippen LogP contribution in [0.1, 0.15) is 0 Å². The zero-order chi connectivity index (χ0) is 15.6. The molecule has 3 heterocycles. The Morgan fingerprint density at radius 3 is 2.61 bits per heavy atom. The second kappa shape index (κ2) is 5.42. The van der Waals surface area contributed by atoms with Gasteiger partial charge in [-0.2, -0.15) is 0 Å². The number of nitrogens with two attached hydrogens (primary N) is 1. The van der Waals surface area contributed by atoms with Gasteiger partial charge in [-0.3, -0.25) is 0 Å². The largest absolute Gasteiger partial charge is 0.399 e. The Labute approximate surface area is 132 Å². The maximum absolute atomic E-state index is 5.72. The van der Waals surface area contributed by atoms with E-state index < -0.39 is 0 Å². The number of imidazole rings is 1. The third-order valence-corrected chi connectivity index (χ3v) is 3.47. The minimum absolute atomic E-state index is 0.701. The van der Waals surface area contributed by atoms with Gasteiger partial charge in [-0.25, -0.2) is 15.0 Å². The van der Waals surface area contributed by atoms with Crippen LogP contribution < -0.4 is 11.1 Å². The van der Waals surface area contributed by atoms with Gasteiger partial charge >= 0.3 is 0 Å². The molecule has 0 saturated heterocycles. The summed E-state index contributed by atoms with van der Waals surface area (Å²) in [6.45, 7) is 0. The zero-order valence-corrected chi connectivity index (χ0v) is 12.2. The predicted octanol–water partition coefficient (Wildman–Crippen LogP) is 3.35. The molecule has 0 aliphatic carbocycles. The van der Waals surface area contributed by atoms with Crippen molar-refractivity contribution < 1.29 is 0 Å². The van der Waals surface area contributed by atoms with E-state index in [1.165, 1.54) is 0 Å². The van der Waals surface area contributed by atoms with Gasteiger partial charge in [-0.1, -0.05) is 6.07 Å². The summed E-state index contributed by atoms with van der Waals surface area (Å²) in [4.78, 5) is 16.5. The van der Waals surface area contributed by atoms with Crippen LogP contribution in [0.3, 0.4) is 0 Å². The molecule has 112 valence electrons. The Morgan fingerprint density at radius 1 is 0.957 bits per heavy atom. The lowest BCUT2D eigenvalue weighted by Crippen LogP contribution is -1.94. The average Bonchev–Trinajstić information content (AvgIpc) is 3.00. The summed E-state index contributed by atoms with van der Waals surface area (Å²) < 4.78 is 0. The standard InChI is InChI=1S/C17H14N6/c18-12-6-4-11(5-7-12)17-21-13-9-16(20-10-14(13)22-17)23-15-3-1-2-8-19-15/h1-10H,18H2,(H,21,22)(H,19,20,23). The van der Waals surface area contributed by atoms with Crippen molar-refractivity contribution in [3.8, 4) is 11.4 Å². The monoisotopic (exact) mass is 302 g/mol. The quantitative estimate of drug-likeness (QED) is 0.505. The van der Waals surface area contributed by atoms with E-state index in [9.17, 15) is 0 Å². The fourth-order valence-electron chi connectivity index (χ4n) is 2.32. The van der Waals surface area contributed by atoms with Gasteiger partial charge < -0.3 is 16.0 Å². The van der Waals surface area contributed by atoms with E-state index in [4.69, 9.17) is 5.73 Å². The van der Waals surface area contributed by atoms with E-state index in [2.05, 4.69) is 25.3 Å². The van der Waals surface area contributed by atoms with Crippen LogP contribution >= 0.6 is 0 Å². The van der Waals surface area contributed by atoms with Gasteiger partial charge in [0.15, 0.2) is 0 Å². The Balaban J connectivity index is 1.68. The summed E-state index contributed by atoms with van der Waals surface area (Å²) in [6.07, 6.45) is 3.49. The number of H-pyrrole nitrogens is 1. The van der Waals surface area contributed by atoms with Crippen LogP contribution in [0, 0.1) is 0 Å². The van der Waals surface area contributed by atoms with Gasteiger partial charge in [0.05, 0.1) is 17.2 Å². The highest BCUT2D eigenvalue weighted by Gasteiger charge is 2.07. The van der Waals surface area contributed by atoms with E-state index in [0.29, 0.717) is 5.82 Å². The van der Waals surface area contributed by atoms with E-state index in [-0.39, 0.29) is 0 Å². The van der Waals surface area contributed by atoms with Crippen molar-refractivity contribution in [3.63, 3.8) is 0 Å². The van der Waals surface area contributed by atoms with Crippen molar-refractivity contribution in [3.05, 3.63) is 60.9 Å². The van der Waals surface area contributed by atoms with Crippen molar-refractivity contribution in [2.24, 2.45) is 0 Å². The Morgan fingerprint density at radius 2 is 1.83 bits per heavy atom. The first-order valence-corrected chi connectivity index (χ1v) is 7.18. The molecule has 0 spiro atoms. The van der Waals surface area contributed by atoms with Crippen molar-refractivity contribution >= 4 is 28.4 Å². The topological polar surface area (TPSA) is 92.5 Å². The van der Waals surface area contributed by atoms with E-state index in [0.717, 1.165) is 33.9 Å². The fraction of sp³-hybridized carbons (Fsp3) is 0. The number of nitrogens with zero attached hydrogens (tertiary/aromatic N) is 3. The summed E-state index contributed by atoms with van der Waals surface area (Å²) in [5.74, 6) is 2.23. The third-order valence-electron chi connectivity index (χ3n) is 3.47. The molecule has 0 aliphatic heterocycles. The Kier molecular flexibility index (Phi) is 3.12. The summed E-state index contributed by atoms with van der Waals surface area (Å²) in [6, 6.07) is 15.2. The molecule has 6 heteroatoms. The van der Waals surface area contributed by atoms with Gasteiger partial charge in [0.1, 0.15) is 17.5 Å². The Bertz CT molecular complexity index is 944. The minimum Gasteiger partial charge on any atom is -0.399 e. The number of hydrogen-bond acceptors (Lipinski definition) is 5. The molecule has 4 N–H and O–H groups in total. The lowest BCUT2D eigenvalue weighted by atomic mass is 10.2. The van der Waals surface area contributed by atoms with Gasteiger partial charge in [0.25, 0.3) is 0 Å². The van der Waals surface area contributed by atoms with Gasteiger partial charge in [-0.15, -0.1) is 0 Å². The van der Waals surface area contributed by atoms with Gasteiger partial charge in [-0.05, 0) is 36.4 Å². The first-order chi connectivity index (χ1) is 11.3. The first kappa shape index (κ1) is 13.3. The third kappa shape index (κ3) is 2.69. The van der Waals surface area contributed by atoms with Crippen molar-refractivity contribution in [1.82, 2.24) is 19.9 Å². The van der Waals surface area contributed by atoms with E-state index >= 15 is 0 Å². The summed E-state index contributed by atoms with van der Waals surface area (Å²) >= 11 is 0.